The molecular weight excluding hydrogens is 543 g/mol. The lowest BCUT2D eigenvalue weighted by Crippen LogP contribution is -2.27. The molecule has 0 spiro atoms. The summed E-state index contributed by atoms with van der Waals surface area (Å²) in [6, 6.07) is 23.1. The largest absolute Gasteiger partial charge is 0.339 e. The minimum absolute atomic E-state index is 0.737. The standard InChI is InChI=1S/C36H45NS3/c1-3-5-7-9-10-12-16-28(15-11-8-6-4-2)27-37-31-21-19-29(33-17-13-23-38-33)25-35(31)40-36-26-30(20-22-32(36)37)34-18-14-24-39-34/h13-14,17-26,28H,3-12,15-16,27H2,1-2H3. The van der Waals surface area contributed by atoms with Crippen molar-refractivity contribution in [3.05, 3.63) is 71.4 Å². The van der Waals surface area contributed by atoms with Crippen molar-refractivity contribution in [2.45, 2.75) is 101 Å². The summed E-state index contributed by atoms with van der Waals surface area (Å²) in [7, 11) is 0. The Balaban J connectivity index is 1.41. The van der Waals surface area contributed by atoms with Crippen molar-refractivity contribution in [1.82, 2.24) is 0 Å². The Bertz CT molecular complexity index is 1210. The van der Waals surface area contributed by atoms with E-state index >= 15 is 0 Å². The number of hydrogen-bond acceptors (Lipinski definition) is 4. The van der Waals surface area contributed by atoms with Crippen molar-refractivity contribution in [2.24, 2.45) is 5.92 Å². The van der Waals surface area contributed by atoms with Crippen molar-refractivity contribution in [3.63, 3.8) is 0 Å². The van der Waals surface area contributed by atoms with Gasteiger partial charge in [-0.05, 0) is 77.0 Å². The van der Waals surface area contributed by atoms with Crippen LogP contribution in [0.1, 0.15) is 90.9 Å². The highest BCUT2D eigenvalue weighted by Crippen LogP contribution is 2.51. The zero-order chi connectivity index (χ0) is 27.6. The third-order valence-corrected chi connectivity index (χ3v) is 11.1. The van der Waals surface area contributed by atoms with Crippen LogP contribution in [0.2, 0.25) is 0 Å². The number of benzene rings is 2. The van der Waals surface area contributed by atoms with Crippen LogP contribution in [0.5, 0.6) is 0 Å². The zero-order valence-electron chi connectivity index (χ0n) is 24.4. The first-order valence-corrected chi connectivity index (χ1v) is 18.2. The van der Waals surface area contributed by atoms with E-state index < -0.39 is 0 Å². The Labute approximate surface area is 255 Å². The molecule has 0 radical (unpaired) electrons. The summed E-state index contributed by atoms with van der Waals surface area (Å²) in [5, 5.41) is 4.37. The topological polar surface area (TPSA) is 3.24 Å². The fourth-order valence-electron chi connectivity index (χ4n) is 5.93. The van der Waals surface area contributed by atoms with Gasteiger partial charge < -0.3 is 4.90 Å². The molecule has 0 fully saturated rings. The SMILES string of the molecule is CCCCCCCCC(CCCCCC)CN1c2ccc(-c3cccs3)cc2Sc2cc(-c3cccs3)ccc21. The number of thiophene rings is 2. The van der Waals surface area contributed by atoms with Crippen LogP contribution in [0.3, 0.4) is 0 Å². The average molecular weight is 588 g/mol. The van der Waals surface area contributed by atoms with E-state index in [0.29, 0.717) is 0 Å². The maximum Gasteiger partial charge on any atom is 0.0553 e. The van der Waals surface area contributed by atoms with Crippen molar-refractivity contribution in [3.8, 4) is 20.9 Å². The third-order valence-electron chi connectivity index (χ3n) is 8.21. The van der Waals surface area contributed by atoms with Gasteiger partial charge in [0.05, 0.1) is 11.4 Å². The summed E-state index contributed by atoms with van der Waals surface area (Å²) in [5.74, 6) is 0.737. The van der Waals surface area contributed by atoms with E-state index in [-0.39, 0.29) is 0 Å². The Kier molecular flexibility index (Phi) is 11.3. The fraction of sp³-hybridized carbons (Fsp3) is 0.444. The average Bonchev–Trinajstić information content (AvgIpc) is 3.71. The molecule has 40 heavy (non-hydrogen) atoms. The van der Waals surface area contributed by atoms with Crippen molar-refractivity contribution in [1.29, 1.82) is 0 Å². The molecule has 0 amide bonds. The van der Waals surface area contributed by atoms with Crippen LogP contribution in [0, 0.1) is 5.92 Å². The molecule has 0 saturated heterocycles. The highest BCUT2D eigenvalue weighted by molar-refractivity contribution is 7.99. The highest BCUT2D eigenvalue weighted by atomic mass is 32.2. The molecule has 1 aliphatic heterocycles. The van der Waals surface area contributed by atoms with Gasteiger partial charge in [-0.2, -0.15) is 0 Å². The lowest BCUT2D eigenvalue weighted by Gasteiger charge is -2.36. The summed E-state index contributed by atoms with van der Waals surface area (Å²) in [6.07, 6.45) is 16.4. The molecule has 0 N–H and O–H groups in total. The van der Waals surface area contributed by atoms with Crippen LogP contribution in [-0.4, -0.2) is 6.54 Å². The molecule has 1 unspecified atom stereocenters. The van der Waals surface area contributed by atoms with Gasteiger partial charge in [0.15, 0.2) is 0 Å². The molecule has 1 aliphatic rings. The first kappa shape index (κ1) is 29.5. The summed E-state index contributed by atoms with van der Waals surface area (Å²) >= 11 is 5.62. The fourth-order valence-corrected chi connectivity index (χ4v) is 8.56. The number of fused-ring (bicyclic) bond motifs is 2. The monoisotopic (exact) mass is 587 g/mol. The van der Waals surface area contributed by atoms with E-state index in [9.17, 15) is 0 Å². The zero-order valence-corrected chi connectivity index (χ0v) is 26.8. The van der Waals surface area contributed by atoms with Gasteiger partial charge in [0.25, 0.3) is 0 Å². The molecule has 212 valence electrons. The Morgan fingerprint density at radius 2 is 1.10 bits per heavy atom. The number of nitrogens with zero attached hydrogens (tertiary/aromatic N) is 1. The predicted molar refractivity (Wildman–Crippen MR) is 181 cm³/mol. The molecule has 2 aromatic heterocycles. The summed E-state index contributed by atoms with van der Waals surface area (Å²) in [5.41, 5.74) is 5.45. The van der Waals surface area contributed by atoms with Gasteiger partial charge in [-0.3, -0.25) is 0 Å². The van der Waals surface area contributed by atoms with Crippen LogP contribution in [0.15, 0.2) is 81.2 Å². The Hall–Kier alpha value is -2.01. The van der Waals surface area contributed by atoms with E-state index in [1.165, 1.54) is 119 Å². The molecule has 3 heterocycles. The minimum atomic E-state index is 0.737. The highest BCUT2D eigenvalue weighted by Gasteiger charge is 2.27. The van der Waals surface area contributed by atoms with E-state index in [1.54, 1.807) is 0 Å². The molecular formula is C36H45NS3. The van der Waals surface area contributed by atoms with Crippen LogP contribution in [-0.2, 0) is 0 Å². The molecule has 4 aromatic rings. The lowest BCUT2D eigenvalue weighted by molar-refractivity contribution is 0.409. The number of rotatable bonds is 16. The van der Waals surface area contributed by atoms with Gasteiger partial charge in [0, 0.05) is 26.1 Å². The van der Waals surface area contributed by atoms with Gasteiger partial charge in [0.2, 0.25) is 0 Å². The van der Waals surface area contributed by atoms with E-state index in [0.717, 1.165) is 12.5 Å². The maximum absolute atomic E-state index is 2.68. The second-order valence-electron chi connectivity index (χ2n) is 11.3. The molecule has 5 rings (SSSR count). The Morgan fingerprint density at radius 1 is 0.600 bits per heavy atom. The summed E-state index contributed by atoms with van der Waals surface area (Å²) in [6.45, 7) is 5.76. The van der Waals surface area contributed by atoms with Crippen LogP contribution in [0.25, 0.3) is 20.9 Å². The normalized spacial score (nSPS) is 13.3. The van der Waals surface area contributed by atoms with Gasteiger partial charge in [0.1, 0.15) is 0 Å². The molecule has 1 nitrogen and oxygen atoms in total. The second-order valence-corrected chi connectivity index (χ2v) is 14.3. The Morgan fingerprint density at radius 3 is 1.60 bits per heavy atom. The van der Waals surface area contributed by atoms with Crippen LogP contribution < -0.4 is 4.90 Å². The predicted octanol–water partition coefficient (Wildman–Crippen LogP) is 13.1. The van der Waals surface area contributed by atoms with Gasteiger partial charge >= 0.3 is 0 Å². The number of anilines is 2. The molecule has 4 heteroatoms. The lowest BCUT2D eigenvalue weighted by atomic mass is 9.93. The molecule has 0 aliphatic carbocycles. The molecule has 2 aromatic carbocycles. The van der Waals surface area contributed by atoms with E-state index in [4.69, 9.17) is 0 Å². The summed E-state index contributed by atoms with van der Waals surface area (Å²) in [4.78, 5) is 8.17. The first-order valence-electron chi connectivity index (χ1n) is 15.6. The van der Waals surface area contributed by atoms with E-state index in [1.807, 2.05) is 34.4 Å². The van der Waals surface area contributed by atoms with E-state index in [2.05, 4.69) is 90.2 Å². The second kappa shape index (κ2) is 15.3. The molecule has 0 saturated carbocycles. The van der Waals surface area contributed by atoms with Crippen molar-refractivity contribution in [2.75, 3.05) is 11.4 Å². The van der Waals surface area contributed by atoms with Gasteiger partial charge in [-0.15, -0.1) is 22.7 Å². The van der Waals surface area contributed by atoms with Crippen LogP contribution in [0.4, 0.5) is 11.4 Å². The minimum Gasteiger partial charge on any atom is -0.339 e. The summed E-state index contributed by atoms with van der Waals surface area (Å²) < 4.78 is 0. The smallest absolute Gasteiger partial charge is 0.0553 e. The molecule has 0 bridgehead atoms. The third kappa shape index (κ3) is 7.63. The number of hydrogen-bond donors (Lipinski definition) is 0. The van der Waals surface area contributed by atoms with Crippen molar-refractivity contribution >= 4 is 45.8 Å². The quantitative estimate of drug-likeness (QED) is 0.120. The maximum atomic E-state index is 2.68. The number of unbranched alkanes of at least 4 members (excludes halogenated alkanes) is 8. The molecule has 1 atom stereocenters. The van der Waals surface area contributed by atoms with Gasteiger partial charge in [-0.25, -0.2) is 0 Å². The van der Waals surface area contributed by atoms with Crippen LogP contribution >= 0.6 is 34.4 Å². The van der Waals surface area contributed by atoms with Crippen molar-refractivity contribution < 1.29 is 0 Å². The first-order chi connectivity index (χ1) is 19.8. The van der Waals surface area contributed by atoms with Gasteiger partial charge in [-0.1, -0.05) is 114 Å².